The molecule has 1 aliphatic heterocycles. The second-order valence-corrected chi connectivity index (χ2v) is 7.17. The van der Waals surface area contributed by atoms with Crippen LogP contribution in [0.1, 0.15) is 12.5 Å². The number of methoxy groups -OCH3 is 2. The highest BCUT2D eigenvalue weighted by atomic mass is 19.4. The van der Waals surface area contributed by atoms with E-state index in [-0.39, 0.29) is 5.56 Å². The number of benzene rings is 2. The van der Waals surface area contributed by atoms with Gasteiger partial charge in [0.1, 0.15) is 29.3 Å². The molecule has 0 radical (unpaired) electrons. The Balaban J connectivity index is 1.72. The van der Waals surface area contributed by atoms with Crippen LogP contribution in [0.3, 0.4) is 0 Å². The first-order chi connectivity index (χ1) is 15.4. The predicted octanol–water partition coefficient (Wildman–Crippen LogP) is 3.01. The zero-order valence-corrected chi connectivity index (χ0v) is 17.8. The van der Waals surface area contributed by atoms with Gasteiger partial charge in [-0.25, -0.2) is 4.79 Å². The highest BCUT2D eigenvalue weighted by Gasteiger charge is 2.49. The van der Waals surface area contributed by atoms with E-state index in [9.17, 15) is 27.6 Å². The molecule has 0 bridgehead atoms. The van der Waals surface area contributed by atoms with E-state index in [0.29, 0.717) is 22.1 Å². The van der Waals surface area contributed by atoms with Crippen LogP contribution in [-0.2, 0) is 15.1 Å². The standard InChI is InChI=1S/C21H20F3N3O6/c1-20(12-4-6-14(7-5-12)33-21(22,23)24)18(29)27(19(30)26-20)11-17(28)25-13-8-15(31-2)10-16(9-13)32-3/h4-10H,11H2,1-3H3,(H,25,28)(H,26,30). The molecule has 1 saturated heterocycles. The third-order valence-electron chi connectivity index (χ3n) is 4.88. The van der Waals surface area contributed by atoms with Gasteiger partial charge in [0.25, 0.3) is 5.91 Å². The molecule has 9 nitrogen and oxygen atoms in total. The maximum atomic E-state index is 13.0. The molecule has 176 valence electrons. The van der Waals surface area contributed by atoms with Gasteiger partial charge in [0.2, 0.25) is 5.91 Å². The molecule has 4 amide bonds. The van der Waals surface area contributed by atoms with E-state index >= 15 is 0 Å². The van der Waals surface area contributed by atoms with E-state index in [1.165, 1.54) is 45.4 Å². The summed E-state index contributed by atoms with van der Waals surface area (Å²) >= 11 is 0. The van der Waals surface area contributed by atoms with Gasteiger partial charge in [0.15, 0.2) is 0 Å². The van der Waals surface area contributed by atoms with Crippen LogP contribution in [0.2, 0.25) is 0 Å². The number of carbonyl (C=O) groups excluding carboxylic acids is 3. The second-order valence-electron chi connectivity index (χ2n) is 7.17. The zero-order valence-electron chi connectivity index (χ0n) is 17.8. The number of carbonyl (C=O) groups is 3. The lowest BCUT2D eigenvalue weighted by atomic mass is 9.92. The summed E-state index contributed by atoms with van der Waals surface area (Å²) in [4.78, 5) is 38.6. The number of rotatable bonds is 7. The van der Waals surface area contributed by atoms with Crippen molar-refractivity contribution >= 4 is 23.5 Å². The number of amides is 4. The quantitative estimate of drug-likeness (QED) is 0.607. The highest BCUT2D eigenvalue weighted by molar-refractivity contribution is 6.10. The van der Waals surface area contributed by atoms with Crippen molar-refractivity contribution in [3.63, 3.8) is 0 Å². The molecular formula is C21H20F3N3O6. The summed E-state index contributed by atoms with van der Waals surface area (Å²) in [5.41, 5.74) is -1.03. The van der Waals surface area contributed by atoms with Crippen molar-refractivity contribution in [2.24, 2.45) is 0 Å². The summed E-state index contributed by atoms with van der Waals surface area (Å²) in [7, 11) is 2.88. The van der Waals surface area contributed by atoms with Crippen LogP contribution in [0.25, 0.3) is 0 Å². The van der Waals surface area contributed by atoms with E-state index in [0.717, 1.165) is 12.1 Å². The Hall–Kier alpha value is -3.96. The smallest absolute Gasteiger partial charge is 0.497 e. The molecule has 33 heavy (non-hydrogen) atoms. The fourth-order valence-corrected chi connectivity index (χ4v) is 3.25. The maximum absolute atomic E-state index is 13.0. The lowest BCUT2D eigenvalue weighted by Gasteiger charge is -2.22. The van der Waals surface area contributed by atoms with Crippen molar-refractivity contribution in [1.29, 1.82) is 0 Å². The van der Waals surface area contributed by atoms with Crippen LogP contribution in [-0.4, -0.2) is 49.9 Å². The molecule has 0 spiro atoms. The Bertz CT molecular complexity index is 1050. The Morgan fingerprint density at radius 2 is 1.61 bits per heavy atom. The normalized spacial score (nSPS) is 18.1. The first-order valence-electron chi connectivity index (χ1n) is 9.48. The third-order valence-corrected chi connectivity index (χ3v) is 4.88. The minimum absolute atomic E-state index is 0.218. The molecule has 2 N–H and O–H groups in total. The van der Waals surface area contributed by atoms with Gasteiger partial charge in [-0.3, -0.25) is 14.5 Å². The summed E-state index contributed by atoms with van der Waals surface area (Å²) in [5, 5.41) is 5.03. The van der Waals surface area contributed by atoms with Crippen LogP contribution in [0.4, 0.5) is 23.7 Å². The predicted molar refractivity (Wildman–Crippen MR) is 109 cm³/mol. The lowest BCUT2D eigenvalue weighted by Crippen LogP contribution is -2.42. The number of imide groups is 1. The van der Waals surface area contributed by atoms with Gasteiger partial charge in [-0.2, -0.15) is 0 Å². The molecule has 1 atom stereocenters. The Morgan fingerprint density at radius 1 is 1.03 bits per heavy atom. The van der Waals surface area contributed by atoms with Gasteiger partial charge >= 0.3 is 12.4 Å². The average molecular weight is 467 g/mol. The van der Waals surface area contributed by atoms with Crippen LogP contribution in [0.5, 0.6) is 17.2 Å². The Kier molecular flexibility index (Phi) is 6.38. The molecule has 1 aliphatic rings. The van der Waals surface area contributed by atoms with Gasteiger partial charge in [-0.05, 0) is 24.6 Å². The van der Waals surface area contributed by atoms with E-state index in [4.69, 9.17) is 9.47 Å². The van der Waals surface area contributed by atoms with E-state index < -0.39 is 42.0 Å². The van der Waals surface area contributed by atoms with Gasteiger partial charge in [-0.1, -0.05) is 12.1 Å². The first kappa shape index (κ1) is 23.7. The van der Waals surface area contributed by atoms with Gasteiger partial charge in [0, 0.05) is 23.9 Å². The van der Waals surface area contributed by atoms with Crippen LogP contribution < -0.4 is 24.8 Å². The van der Waals surface area contributed by atoms with Crippen LogP contribution in [0, 0.1) is 0 Å². The molecule has 1 heterocycles. The highest BCUT2D eigenvalue weighted by Crippen LogP contribution is 2.31. The first-order valence-corrected chi connectivity index (χ1v) is 9.48. The number of nitrogens with one attached hydrogen (secondary N) is 2. The minimum atomic E-state index is -4.86. The summed E-state index contributed by atoms with van der Waals surface area (Å²) in [5.74, 6) is -1.03. The average Bonchev–Trinajstić information content (AvgIpc) is 2.96. The monoisotopic (exact) mass is 467 g/mol. The Morgan fingerprint density at radius 3 is 2.12 bits per heavy atom. The minimum Gasteiger partial charge on any atom is -0.497 e. The fourth-order valence-electron chi connectivity index (χ4n) is 3.25. The molecular weight excluding hydrogens is 447 g/mol. The van der Waals surface area contributed by atoms with Gasteiger partial charge < -0.3 is 24.8 Å². The van der Waals surface area contributed by atoms with E-state index in [1.54, 1.807) is 6.07 Å². The molecule has 12 heteroatoms. The van der Waals surface area contributed by atoms with Crippen molar-refractivity contribution < 1.29 is 41.8 Å². The summed E-state index contributed by atoms with van der Waals surface area (Å²) in [6.45, 7) is 0.798. The number of anilines is 1. The van der Waals surface area contributed by atoms with Crippen molar-refractivity contribution in [3.05, 3.63) is 48.0 Å². The second kappa shape index (κ2) is 8.88. The Labute approximate surface area is 186 Å². The largest absolute Gasteiger partial charge is 0.573 e. The number of halogens is 3. The third kappa shape index (κ3) is 5.27. The van der Waals surface area contributed by atoms with E-state index in [2.05, 4.69) is 15.4 Å². The summed E-state index contributed by atoms with van der Waals surface area (Å²) in [6.07, 6.45) is -4.86. The number of ether oxygens (including phenoxy) is 3. The van der Waals surface area contributed by atoms with Crippen molar-refractivity contribution in [2.75, 3.05) is 26.1 Å². The maximum Gasteiger partial charge on any atom is 0.573 e. The fraction of sp³-hybridized carbons (Fsp3) is 0.286. The lowest BCUT2D eigenvalue weighted by molar-refractivity contribution is -0.274. The number of nitrogens with zero attached hydrogens (tertiary/aromatic N) is 1. The SMILES string of the molecule is COc1cc(NC(=O)CN2C(=O)NC(C)(c3ccc(OC(F)(F)F)cc3)C2=O)cc(OC)c1. The topological polar surface area (TPSA) is 106 Å². The molecule has 3 rings (SSSR count). The zero-order chi connectivity index (χ0) is 24.4. The summed E-state index contributed by atoms with van der Waals surface area (Å²) in [6, 6.07) is 8.34. The van der Waals surface area contributed by atoms with Crippen molar-refractivity contribution in [3.8, 4) is 17.2 Å². The molecule has 1 unspecified atom stereocenters. The molecule has 1 fully saturated rings. The van der Waals surface area contributed by atoms with Gasteiger partial charge in [-0.15, -0.1) is 13.2 Å². The van der Waals surface area contributed by atoms with Crippen LogP contribution >= 0.6 is 0 Å². The molecule has 0 aliphatic carbocycles. The summed E-state index contributed by atoms with van der Waals surface area (Å²) < 4.78 is 51.1. The van der Waals surface area contributed by atoms with Crippen molar-refractivity contribution in [1.82, 2.24) is 10.2 Å². The van der Waals surface area contributed by atoms with E-state index in [1.807, 2.05) is 0 Å². The number of urea groups is 1. The van der Waals surface area contributed by atoms with Crippen molar-refractivity contribution in [2.45, 2.75) is 18.8 Å². The number of hydrogen-bond donors (Lipinski definition) is 2. The number of alkyl halides is 3. The molecule has 2 aromatic rings. The molecule has 0 aromatic heterocycles. The van der Waals surface area contributed by atoms with Crippen LogP contribution in [0.15, 0.2) is 42.5 Å². The number of hydrogen-bond acceptors (Lipinski definition) is 6. The molecule has 0 saturated carbocycles. The van der Waals surface area contributed by atoms with Gasteiger partial charge in [0.05, 0.1) is 14.2 Å². The molecule has 2 aromatic carbocycles.